The van der Waals surface area contributed by atoms with Crippen molar-refractivity contribution in [2.45, 2.75) is 0 Å². The van der Waals surface area contributed by atoms with Crippen molar-refractivity contribution in [1.29, 1.82) is 0 Å². The highest BCUT2D eigenvalue weighted by Crippen LogP contribution is 2.42. The summed E-state index contributed by atoms with van der Waals surface area (Å²) >= 11 is 0. The van der Waals surface area contributed by atoms with Gasteiger partial charge in [0.25, 0.3) is 0 Å². The van der Waals surface area contributed by atoms with Crippen LogP contribution in [0.5, 0.6) is 0 Å². The topological polar surface area (TPSA) is 22.8 Å². The van der Waals surface area contributed by atoms with Crippen LogP contribution in [0.3, 0.4) is 0 Å². The van der Waals surface area contributed by atoms with Gasteiger partial charge < -0.3 is 4.57 Å². The van der Waals surface area contributed by atoms with E-state index in [9.17, 15) is 0 Å². The second kappa shape index (κ2) is 9.65. The summed E-state index contributed by atoms with van der Waals surface area (Å²) in [6.07, 6.45) is 0. The zero-order chi connectivity index (χ0) is 30.2. The lowest BCUT2D eigenvalue weighted by atomic mass is 9.97. The largest absolute Gasteiger partial charge is 0.309 e. The average molecular weight is 586 g/mol. The number of rotatable bonds is 4. The van der Waals surface area contributed by atoms with Gasteiger partial charge in [-0.3, -0.25) is 4.57 Å². The second-order valence-electron chi connectivity index (χ2n) is 12.0. The van der Waals surface area contributed by atoms with Crippen LogP contribution < -0.4 is 0 Å². The Morgan fingerprint density at radius 3 is 1.96 bits per heavy atom. The Balaban J connectivity index is 1.24. The molecule has 214 valence electrons. The minimum atomic E-state index is 0.912. The third-order valence-electron chi connectivity index (χ3n) is 9.45. The summed E-state index contributed by atoms with van der Waals surface area (Å²) in [6.45, 7) is 0. The quantitative estimate of drug-likeness (QED) is 0.188. The molecule has 0 atom stereocenters. The molecule has 0 saturated heterocycles. The maximum Gasteiger partial charge on any atom is 0.138 e. The van der Waals surface area contributed by atoms with E-state index in [-0.39, 0.29) is 0 Å². The van der Waals surface area contributed by atoms with Gasteiger partial charge in [-0.05, 0) is 76.5 Å². The predicted octanol–water partition coefficient (Wildman–Crippen LogP) is 11.2. The molecule has 3 heteroatoms. The molecule has 10 rings (SSSR count). The summed E-state index contributed by atoms with van der Waals surface area (Å²) < 4.78 is 4.74. The molecule has 7 aromatic carbocycles. The molecule has 0 fully saturated rings. The van der Waals surface area contributed by atoms with Crippen LogP contribution in [0.15, 0.2) is 164 Å². The summed E-state index contributed by atoms with van der Waals surface area (Å²) in [6, 6.07) is 58.9. The summed E-state index contributed by atoms with van der Waals surface area (Å²) in [5.41, 5.74) is 10.4. The fraction of sp³-hybridized carbons (Fsp3) is 0. The molecule has 3 heterocycles. The molecular weight excluding hydrogens is 558 g/mol. The van der Waals surface area contributed by atoms with E-state index >= 15 is 0 Å². The molecular formula is C43H27N3. The molecule has 3 aromatic heterocycles. The van der Waals surface area contributed by atoms with E-state index in [0.717, 1.165) is 28.1 Å². The van der Waals surface area contributed by atoms with E-state index in [1.54, 1.807) is 0 Å². The van der Waals surface area contributed by atoms with E-state index in [2.05, 4.69) is 167 Å². The van der Waals surface area contributed by atoms with Gasteiger partial charge in [0.15, 0.2) is 0 Å². The molecule has 0 N–H and O–H groups in total. The summed E-state index contributed by atoms with van der Waals surface area (Å²) in [5, 5.41) is 7.61. The number of benzene rings is 7. The van der Waals surface area contributed by atoms with E-state index in [4.69, 9.17) is 4.98 Å². The van der Waals surface area contributed by atoms with Crippen molar-refractivity contribution in [3.05, 3.63) is 164 Å². The van der Waals surface area contributed by atoms with Crippen LogP contribution in [0.1, 0.15) is 0 Å². The van der Waals surface area contributed by atoms with Crippen molar-refractivity contribution in [1.82, 2.24) is 14.1 Å². The van der Waals surface area contributed by atoms with Crippen molar-refractivity contribution < 1.29 is 0 Å². The number of hydrogen-bond acceptors (Lipinski definition) is 1. The van der Waals surface area contributed by atoms with E-state index in [0.29, 0.717) is 0 Å². The summed E-state index contributed by atoms with van der Waals surface area (Å²) in [4.78, 5) is 5.18. The molecule has 0 aliphatic rings. The highest BCUT2D eigenvalue weighted by molar-refractivity contribution is 6.25. The van der Waals surface area contributed by atoms with Gasteiger partial charge in [0, 0.05) is 32.8 Å². The Kier molecular flexibility index (Phi) is 5.28. The first-order valence-corrected chi connectivity index (χ1v) is 15.7. The van der Waals surface area contributed by atoms with Crippen LogP contribution >= 0.6 is 0 Å². The first-order valence-electron chi connectivity index (χ1n) is 15.7. The summed E-state index contributed by atoms with van der Waals surface area (Å²) in [5.74, 6) is 0.912. The Hall–Kier alpha value is -6.19. The lowest BCUT2D eigenvalue weighted by molar-refractivity contribution is 1.08. The van der Waals surface area contributed by atoms with Crippen LogP contribution in [0.2, 0.25) is 0 Å². The lowest BCUT2D eigenvalue weighted by Gasteiger charge is -2.11. The average Bonchev–Trinajstić information content (AvgIpc) is 3.64. The number of nitrogens with zero attached hydrogens (tertiary/aromatic N) is 3. The lowest BCUT2D eigenvalue weighted by Crippen LogP contribution is -1.98. The van der Waals surface area contributed by atoms with Gasteiger partial charge in [0.1, 0.15) is 5.82 Å². The smallest absolute Gasteiger partial charge is 0.138 e. The molecule has 0 spiro atoms. The second-order valence-corrected chi connectivity index (χ2v) is 12.0. The fourth-order valence-corrected chi connectivity index (χ4v) is 7.43. The van der Waals surface area contributed by atoms with Crippen LogP contribution in [-0.2, 0) is 0 Å². The van der Waals surface area contributed by atoms with Gasteiger partial charge in [0.05, 0.1) is 27.8 Å². The standard InChI is InChI=1S/C43H27N3/c1-3-11-28(12-4-1)36-17-10-20-41(44-36)46-37-18-8-7-16-34(37)35-24-23-30(26-39(35)46)32-25-31-22-21-29-13-9-19-38-42(29)43(31)40(27-32)45(38)33-14-5-2-6-15-33/h1-27H. The molecule has 0 aliphatic carbocycles. The van der Waals surface area contributed by atoms with Gasteiger partial charge in [-0.25, -0.2) is 4.98 Å². The van der Waals surface area contributed by atoms with Crippen LogP contribution in [0.4, 0.5) is 0 Å². The van der Waals surface area contributed by atoms with Gasteiger partial charge in [-0.15, -0.1) is 0 Å². The normalized spacial score (nSPS) is 11.9. The molecule has 3 nitrogen and oxygen atoms in total. The molecule has 0 saturated carbocycles. The van der Waals surface area contributed by atoms with Crippen molar-refractivity contribution in [2.24, 2.45) is 0 Å². The molecule has 46 heavy (non-hydrogen) atoms. The van der Waals surface area contributed by atoms with E-state index in [1.165, 1.54) is 60.2 Å². The van der Waals surface area contributed by atoms with Crippen molar-refractivity contribution in [2.75, 3.05) is 0 Å². The first-order chi connectivity index (χ1) is 22.8. The van der Waals surface area contributed by atoms with Crippen LogP contribution in [0.25, 0.3) is 88.3 Å². The zero-order valence-electron chi connectivity index (χ0n) is 24.9. The Morgan fingerprint density at radius 2 is 1.07 bits per heavy atom. The van der Waals surface area contributed by atoms with Crippen LogP contribution in [0, 0.1) is 0 Å². The molecule has 0 unspecified atom stereocenters. The van der Waals surface area contributed by atoms with Gasteiger partial charge >= 0.3 is 0 Å². The zero-order valence-corrected chi connectivity index (χ0v) is 24.9. The third kappa shape index (κ3) is 3.63. The SMILES string of the molecule is c1ccc(-c2cccc(-n3c4ccccc4c4ccc(-c5cc6ccc7cccc8c7c6c(c5)n8-c5ccccc5)cc43)n2)cc1. The van der Waals surface area contributed by atoms with E-state index in [1.807, 2.05) is 6.07 Å². The maximum absolute atomic E-state index is 5.18. The number of fused-ring (bicyclic) bond motifs is 3. The van der Waals surface area contributed by atoms with Gasteiger partial charge in [0.2, 0.25) is 0 Å². The van der Waals surface area contributed by atoms with Gasteiger partial charge in [-0.2, -0.15) is 0 Å². The number of aromatic nitrogens is 3. The molecule has 0 aliphatic heterocycles. The molecule has 0 amide bonds. The van der Waals surface area contributed by atoms with Crippen molar-refractivity contribution in [3.63, 3.8) is 0 Å². The highest BCUT2D eigenvalue weighted by Gasteiger charge is 2.19. The Bertz CT molecular complexity index is 2730. The van der Waals surface area contributed by atoms with Crippen molar-refractivity contribution in [3.8, 4) is 33.9 Å². The highest BCUT2D eigenvalue weighted by atomic mass is 15.1. The Morgan fingerprint density at radius 1 is 0.370 bits per heavy atom. The number of pyridine rings is 1. The third-order valence-corrected chi connectivity index (χ3v) is 9.45. The minimum Gasteiger partial charge on any atom is -0.309 e. The maximum atomic E-state index is 5.18. The summed E-state index contributed by atoms with van der Waals surface area (Å²) in [7, 11) is 0. The minimum absolute atomic E-state index is 0.912. The van der Waals surface area contributed by atoms with Crippen LogP contribution in [-0.4, -0.2) is 14.1 Å². The van der Waals surface area contributed by atoms with E-state index < -0.39 is 0 Å². The first kappa shape index (κ1) is 25.2. The van der Waals surface area contributed by atoms with Gasteiger partial charge in [-0.1, -0.05) is 109 Å². The number of hydrogen-bond donors (Lipinski definition) is 0. The Labute approximate surface area is 265 Å². The molecule has 0 radical (unpaired) electrons. The predicted molar refractivity (Wildman–Crippen MR) is 192 cm³/mol. The molecule has 10 aromatic rings. The van der Waals surface area contributed by atoms with Crippen molar-refractivity contribution >= 4 is 54.4 Å². The number of para-hydroxylation sites is 2. The molecule has 0 bridgehead atoms. The monoisotopic (exact) mass is 585 g/mol. The fourth-order valence-electron chi connectivity index (χ4n) is 7.43.